The number of anilines is 3. The van der Waals surface area contributed by atoms with Crippen molar-refractivity contribution in [3.05, 3.63) is 42.5 Å². The number of nitrogens with one attached hydrogen (secondary N) is 1. The predicted molar refractivity (Wildman–Crippen MR) is 97.0 cm³/mol. The van der Waals surface area contributed by atoms with E-state index in [2.05, 4.69) is 30.2 Å². The third-order valence-electron chi connectivity index (χ3n) is 4.13. The average molecular weight is 354 g/mol. The molecule has 0 unspecified atom stereocenters. The highest BCUT2D eigenvalue weighted by Crippen LogP contribution is 2.25. The van der Waals surface area contributed by atoms with E-state index >= 15 is 0 Å². The number of rotatable bonds is 3. The third kappa shape index (κ3) is 3.41. The van der Waals surface area contributed by atoms with Gasteiger partial charge in [0.05, 0.1) is 12.2 Å². The lowest BCUT2D eigenvalue weighted by molar-refractivity contribution is -0.00569. The van der Waals surface area contributed by atoms with E-state index in [1.165, 1.54) is 12.1 Å². The van der Waals surface area contributed by atoms with Gasteiger partial charge in [0.15, 0.2) is 17.0 Å². The summed E-state index contributed by atoms with van der Waals surface area (Å²) >= 11 is 0. The molecule has 0 spiro atoms. The van der Waals surface area contributed by atoms with Crippen LogP contribution in [-0.2, 0) is 4.74 Å². The van der Waals surface area contributed by atoms with Crippen molar-refractivity contribution >= 4 is 28.6 Å². The van der Waals surface area contributed by atoms with E-state index in [0.29, 0.717) is 41.7 Å². The Morgan fingerprint density at radius 2 is 1.73 bits per heavy atom. The zero-order chi connectivity index (χ0) is 18.1. The fourth-order valence-electron chi connectivity index (χ4n) is 3.09. The van der Waals surface area contributed by atoms with Gasteiger partial charge in [-0.15, -0.1) is 0 Å². The Labute approximate surface area is 150 Å². The van der Waals surface area contributed by atoms with Gasteiger partial charge in [-0.05, 0) is 38.1 Å². The third-order valence-corrected chi connectivity index (χ3v) is 4.13. The molecule has 0 saturated carbocycles. The molecule has 1 aromatic carbocycles. The number of halogens is 1. The number of nitrogens with zero attached hydrogens (tertiary/aromatic N) is 5. The van der Waals surface area contributed by atoms with Crippen LogP contribution in [0.4, 0.5) is 21.8 Å². The molecule has 0 bridgehead atoms. The molecule has 0 radical (unpaired) electrons. The summed E-state index contributed by atoms with van der Waals surface area (Å²) < 4.78 is 19.0. The fraction of sp³-hybridized carbons (Fsp3) is 0.333. The van der Waals surface area contributed by atoms with Gasteiger partial charge in [-0.2, -0.15) is 9.97 Å². The van der Waals surface area contributed by atoms with Gasteiger partial charge in [0.25, 0.3) is 0 Å². The Hall–Kier alpha value is -2.87. The van der Waals surface area contributed by atoms with Gasteiger partial charge >= 0.3 is 0 Å². The maximum absolute atomic E-state index is 13.2. The van der Waals surface area contributed by atoms with E-state index < -0.39 is 0 Å². The Morgan fingerprint density at radius 1 is 1.04 bits per heavy atom. The monoisotopic (exact) mass is 354 g/mol. The summed E-state index contributed by atoms with van der Waals surface area (Å²) in [4.78, 5) is 20.0. The lowest BCUT2D eigenvalue weighted by Crippen LogP contribution is -2.46. The molecule has 7 nitrogen and oxygen atoms in total. The molecule has 0 aliphatic carbocycles. The van der Waals surface area contributed by atoms with Gasteiger partial charge in [-0.1, -0.05) is 0 Å². The van der Waals surface area contributed by atoms with Crippen molar-refractivity contribution in [2.45, 2.75) is 26.1 Å². The zero-order valence-corrected chi connectivity index (χ0v) is 14.6. The minimum Gasteiger partial charge on any atom is -0.372 e. The molecule has 8 heteroatoms. The van der Waals surface area contributed by atoms with Crippen LogP contribution < -0.4 is 10.2 Å². The first-order chi connectivity index (χ1) is 12.6. The smallest absolute Gasteiger partial charge is 0.229 e. The van der Waals surface area contributed by atoms with Crippen LogP contribution >= 0.6 is 0 Å². The first kappa shape index (κ1) is 16.6. The second-order valence-corrected chi connectivity index (χ2v) is 6.39. The summed E-state index contributed by atoms with van der Waals surface area (Å²) in [5.41, 5.74) is 1.79. The number of hydrogen-bond acceptors (Lipinski definition) is 7. The number of hydrogen-bond donors (Lipinski definition) is 1. The van der Waals surface area contributed by atoms with Crippen LogP contribution in [0.5, 0.6) is 0 Å². The lowest BCUT2D eigenvalue weighted by atomic mass is 10.2. The Kier molecular flexibility index (Phi) is 4.34. The number of fused-ring (bicyclic) bond motifs is 1. The molecule has 3 heterocycles. The molecule has 1 saturated heterocycles. The van der Waals surface area contributed by atoms with Crippen LogP contribution in [0.25, 0.3) is 11.2 Å². The van der Waals surface area contributed by atoms with Crippen LogP contribution in [0.2, 0.25) is 0 Å². The van der Waals surface area contributed by atoms with Crippen molar-refractivity contribution in [2.75, 3.05) is 23.3 Å². The minimum atomic E-state index is -0.292. The van der Waals surface area contributed by atoms with Crippen molar-refractivity contribution in [3.63, 3.8) is 0 Å². The topological polar surface area (TPSA) is 76.1 Å². The summed E-state index contributed by atoms with van der Waals surface area (Å²) in [6.07, 6.45) is 3.38. The largest absolute Gasteiger partial charge is 0.372 e. The Bertz CT molecular complexity index is 909. The van der Waals surface area contributed by atoms with Crippen molar-refractivity contribution in [3.8, 4) is 0 Å². The van der Waals surface area contributed by atoms with Crippen LogP contribution in [0, 0.1) is 5.82 Å². The van der Waals surface area contributed by atoms with E-state index in [-0.39, 0.29) is 18.0 Å². The number of aromatic nitrogens is 4. The average Bonchev–Trinajstić information content (AvgIpc) is 2.63. The quantitative estimate of drug-likeness (QED) is 0.775. The highest BCUT2D eigenvalue weighted by molar-refractivity contribution is 5.85. The first-order valence-corrected chi connectivity index (χ1v) is 8.50. The molecular weight excluding hydrogens is 335 g/mol. The molecular formula is C18H19FN6O. The molecule has 1 aliphatic heterocycles. The van der Waals surface area contributed by atoms with Gasteiger partial charge in [0, 0.05) is 31.2 Å². The normalized spacial score (nSPS) is 20.3. The number of ether oxygens (including phenoxy) is 1. The van der Waals surface area contributed by atoms with Crippen molar-refractivity contribution in [1.29, 1.82) is 0 Å². The van der Waals surface area contributed by atoms with E-state index in [0.717, 1.165) is 0 Å². The molecule has 3 aromatic rings. The summed E-state index contributed by atoms with van der Waals surface area (Å²) in [6, 6.07) is 6.09. The highest BCUT2D eigenvalue weighted by Gasteiger charge is 2.25. The lowest BCUT2D eigenvalue weighted by Gasteiger charge is -2.35. The second kappa shape index (κ2) is 6.80. The van der Waals surface area contributed by atoms with E-state index in [4.69, 9.17) is 4.74 Å². The molecule has 1 fully saturated rings. The zero-order valence-electron chi connectivity index (χ0n) is 14.6. The van der Waals surface area contributed by atoms with Crippen molar-refractivity contribution in [1.82, 2.24) is 19.9 Å². The summed E-state index contributed by atoms with van der Waals surface area (Å²) in [5.74, 6) is 0.820. The van der Waals surface area contributed by atoms with Gasteiger partial charge in [-0.25, -0.2) is 14.4 Å². The van der Waals surface area contributed by atoms with E-state index in [1.54, 1.807) is 24.5 Å². The maximum atomic E-state index is 13.2. The van der Waals surface area contributed by atoms with Gasteiger partial charge in [0.2, 0.25) is 5.95 Å². The Morgan fingerprint density at radius 3 is 2.46 bits per heavy atom. The summed E-state index contributed by atoms with van der Waals surface area (Å²) in [6.45, 7) is 5.46. The van der Waals surface area contributed by atoms with E-state index in [1.807, 2.05) is 13.8 Å². The molecule has 26 heavy (non-hydrogen) atoms. The summed E-state index contributed by atoms with van der Waals surface area (Å²) in [5, 5.41) is 3.20. The standard InChI is InChI=1S/C18H19FN6O/c1-11-9-25(10-12(2)26-11)18-23-16-15(20-7-8-21-16)17(24-18)22-14-5-3-13(19)4-6-14/h3-8,11-12H,9-10H2,1-2H3,(H,21,22,23,24)/t11-,12+. The van der Waals surface area contributed by atoms with Crippen LogP contribution in [0.1, 0.15) is 13.8 Å². The van der Waals surface area contributed by atoms with Crippen LogP contribution in [-0.4, -0.2) is 45.2 Å². The second-order valence-electron chi connectivity index (χ2n) is 6.39. The Balaban J connectivity index is 1.74. The maximum Gasteiger partial charge on any atom is 0.229 e. The number of benzene rings is 1. The van der Waals surface area contributed by atoms with Gasteiger partial charge in [-0.3, -0.25) is 0 Å². The molecule has 2 aromatic heterocycles. The predicted octanol–water partition coefficient (Wildman–Crippen LogP) is 2.92. The molecule has 1 aliphatic rings. The van der Waals surface area contributed by atoms with E-state index in [9.17, 15) is 4.39 Å². The molecule has 0 amide bonds. The number of morpholine rings is 1. The highest BCUT2D eigenvalue weighted by atomic mass is 19.1. The first-order valence-electron chi connectivity index (χ1n) is 8.50. The fourth-order valence-corrected chi connectivity index (χ4v) is 3.09. The summed E-state index contributed by atoms with van der Waals surface area (Å²) in [7, 11) is 0. The molecule has 1 N–H and O–H groups in total. The SMILES string of the molecule is C[C@@H]1CN(c2nc(Nc3ccc(F)cc3)c3nccnc3n2)C[C@H](C)O1. The van der Waals surface area contributed by atoms with Crippen molar-refractivity contribution in [2.24, 2.45) is 0 Å². The van der Waals surface area contributed by atoms with Crippen LogP contribution in [0.15, 0.2) is 36.7 Å². The van der Waals surface area contributed by atoms with Crippen molar-refractivity contribution < 1.29 is 9.13 Å². The van der Waals surface area contributed by atoms with Gasteiger partial charge < -0.3 is 15.0 Å². The van der Waals surface area contributed by atoms with Gasteiger partial charge in [0.1, 0.15) is 5.82 Å². The molecule has 134 valence electrons. The molecule has 4 rings (SSSR count). The van der Waals surface area contributed by atoms with Crippen LogP contribution in [0.3, 0.4) is 0 Å². The minimum absolute atomic E-state index is 0.0911. The molecule has 2 atom stereocenters.